The summed E-state index contributed by atoms with van der Waals surface area (Å²) >= 11 is 0.835. The van der Waals surface area contributed by atoms with Crippen LogP contribution in [0.1, 0.15) is 22.6 Å². The Morgan fingerprint density at radius 1 is 1.17 bits per heavy atom. The number of allylic oxidation sites excluding steroid dienone is 1. The first-order chi connectivity index (χ1) is 17.2. The number of methoxy groups -OCH3 is 1. The molecule has 2 aromatic carbocycles. The quantitative estimate of drug-likeness (QED) is 0.608. The maximum absolute atomic E-state index is 13.8. The van der Waals surface area contributed by atoms with Gasteiger partial charge in [-0.25, -0.2) is 9.18 Å². The predicted octanol–water partition coefficient (Wildman–Crippen LogP) is 3.72. The second kappa shape index (κ2) is 9.71. The van der Waals surface area contributed by atoms with E-state index < -0.39 is 29.5 Å². The van der Waals surface area contributed by atoms with E-state index in [4.69, 9.17) is 10.5 Å². The summed E-state index contributed by atoms with van der Waals surface area (Å²) in [6, 6.07) is 12.7. The number of nitrogens with two attached hydrogens (primary N) is 1. The van der Waals surface area contributed by atoms with Gasteiger partial charge in [-0.1, -0.05) is 30.0 Å². The summed E-state index contributed by atoms with van der Waals surface area (Å²) in [5.74, 6) is -3.78. The number of fused-ring (bicyclic) bond motifs is 1. The zero-order chi connectivity index (χ0) is 26.1. The van der Waals surface area contributed by atoms with E-state index in [0.29, 0.717) is 11.3 Å². The first-order valence-electron chi connectivity index (χ1n) is 10.8. The van der Waals surface area contributed by atoms with Gasteiger partial charge in [0.2, 0.25) is 0 Å². The molecule has 0 spiro atoms. The minimum Gasteiger partial charge on any atom is -0.465 e. The molecule has 3 N–H and O–H groups in total. The van der Waals surface area contributed by atoms with Gasteiger partial charge in [-0.2, -0.15) is 5.26 Å². The van der Waals surface area contributed by atoms with Crippen molar-refractivity contribution in [3.05, 3.63) is 97.9 Å². The van der Waals surface area contributed by atoms with E-state index in [2.05, 4.69) is 5.32 Å². The molecule has 2 amide bonds. The Bertz CT molecular complexity index is 1440. The Balaban J connectivity index is 1.93. The summed E-state index contributed by atoms with van der Waals surface area (Å²) < 4.78 is 18.5. The van der Waals surface area contributed by atoms with Crippen LogP contribution in [0.3, 0.4) is 0 Å². The normalized spacial score (nSPS) is 17.3. The van der Waals surface area contributed by atoms with E-state index in [0.717, 1.165) is 33.9 Å². The third-order valence-electron chi connectivity index (χ3n) is 5.93. The fourth-order valence-corrected chi connectivity index (χ4v) is 5.09. The molecular formula is C26H21FN4O4S. The number of esters is 1. The standard InChI is InChI=1S/C26H21FN4O4S/c1-13-4-9-17(10-14(13)2)30-24(33)22-21(15-5-7-16(27)8-6-15)18(12-28)23(29)31-20(32)11-19(26(34)35-3)36-25(22)31/h4-11,21H,29H2,1-3H3,(H,30,33). The van der Waals surface area contributed by atoms with Crippen molar-refractivity contribution in [2.24, 2.45) is 5.73 Å². The fraction of sp³-hybridized carbons (Fsp3) is 0.154. The predicted molar refractivity (Wildman–Crippen MR) is 132 cm³/mol. The van der Waals surface area contributed by atoms with Crippen LogP contribution in [0.15, 0.2) is 75.4 Å². The van der Waals surface area contributed by atoms with Crippen LogP contribution in [0.25, 0.3) is 0 Å². The average molecular weight is 505 g/mol. The molecule has 0 fully saturated rings. The largest absolute Gasteiger partial charge is 0.465 e. The van der Waals surface area contributed by atoms with Gasteiger partial charge in [0.05, 0.1) is 35.3 Å². The molecule has 182 valence electrons. The molecule has 2 aliphatic rings. The summed E-state index contributed by atoms with van der Waals surface area (Å²) in [5, 5.41) is 12.9. The first-order valence-corrected chi connectivity index (χ1v) is 11.6. The average Bonchev–Trinajstić information content (AvgIpc) is 2.85. The number of thioether (sulfide) groups is 1. The monoisotopic (exact) mass is 504 g/mol. The Morgan fingerprint density at radius 2 is 1.86 bits per heavy atom. The first kappa shape index (κ1) is 24.8. The fourth-order valence-electron chi connectivity index (χ4n) is 3.95. The summed E-state index contributed by atoms with van der Waals surface area (Å²) in [7, 11) is 1.17. The molecule has 0 aromatic heterocycles. The van der Waals surface area contributed by atoms with Gasteiger partial charge < -0.3 is 15.8 Å². The number of nitrogens with one attached hydrogen (secondary N) is 1. The molecule has 0 radical (unpaired) electrons. The van der Waals surface area contributed by atoms with Crippen molar-refractivity contribution in [3.63, 3.8) is 0 Å². The zero-order valence-corrected chi connectivity index (χ0v) is 20.4. The molecule has 0 aliphatic carbocycles. The van der Waals surface area contributed by atoms with Gasteiger partial charge in [0, 0.05) is 11.8 Å². The van der Waals surface area contributed by atoms with Crippen LogP contribution in [0.4, 0.5) is 10.1 Å². The molecule has 2 heterocycles. The minimum atomic E-state index is -1.02. The van der Waals surface area contributed by atoms with E-state index in [1.54, 1.807) is 12.1 Å². The number of hydrogen-bond acceptors (Lipinski definition) is 7. The van der Waals surface area contributed by atoms with Crippen molar-refractivity contribution in [2.75, 3.05) is 12.4 Å². The van der Waals surface area contributed by atoms with Crippen LogP contribution in [0, 0.1) is 31.0 Å². The van der Waals surface area contributed by atoms with Gasteiger partial charge in [-0.3, -0.25) is 14.5 Å². The number of benzene rings is 2. The summed E-state index contributed by atoms with van der Waals surface area (Å²) in [6.07, 6.45) is 1.04. The highest BCUT2D eigenvalue weighted by molar-refractivity contribution is 8.07. The Morgan fingerprint density at radius 3 is 2.47 bits per heavy atom. The summed E-state index contributed by atoms with van der Waals surface area (Å²) in [4.78, 5) is 40.1. The number of amides is 2. The van der Waals surface area contributed by atoms with Crippen molar-refractivity contribution in [1.29, 1.82) is 5.26 Å². The molecule has 0 saturated heterocycles. The maximum atomic E-state index is 13.8. The number of ether oxygens (including phenoxy) is 1. The number of nitriles is 1. The Labute approximate surface area is 210 Å². The number of halogens is 1. The van der Waals surface area contributed by atoms with Crippen LogP contribution in [-0.2, 0) is 19.1 Å². The number of aryl methyl sites for hydroxylation is 2. The lowest BCUT2D eigenvalue weighted by atomic mass is 9.82. The molecule has 36 heavy (non-hydrogen) atoms. The number of hydrogen-bond donors (Lipinski definition) is 2. The van der Waals surface area contributed by atoms with Crippen LogP contribution in [-0.4, -0.2) is 29.8 Å². The molecule has 0 saturated carbocycles. The molecule has 1 atom stereocenters. The van der Waals surface area contributed by atoms with Gasteiger partial charge in [-0.15, -0.1) is 0 Å². The van der Waals surface area contributed by atoms with E-state index in [1.807, 2.05) is 26.0 Å². The molecule has 2 aromatic rings. The molecule has 0 bridgehead atoms. The third-order valence-corrected chi connectivity index (χ3v) is 7.03. The summed E-state index contributed by atoms with van der Waals surface area (Å²) in [6.45, 7) is 3.84. The van der Waals surface area contributed by atoms with Crippen molar-refractivity contribution in [2.45, 2.75) is 19.8 Å². The topological polar surface area (TPSA) is 126 Å². The number of anilines is 1. The minimum absolute atomic E-state index is 0.0124. The van der Waals surface area contributed by atoms with Gasteiger partial charge in [-0.05, 0) is 54.8 Å². The molecule has 4 rings (SSSR count). The van der Waals surface area contributed by atoms with Crippen LogP contribution >= 0.6 is 11.8 Å². The van der Waals surface area contributed by atoms with E-state index in [9.17, 15) is 24.0 Å². The smallest absolute Gasteiger partial charge is 0.344 e. The SMILES string of the molecule is COC(=O)C1=CC(=O)N2C(N)=C(C#N)C(c3ccc(F)cc3)C(C(=O)Nc3ccc(C)c(C)c3)=C2S1. The van der Waals surface area contributed by atoms with E-state index in [1.165, 1.54) is 31.4 Å². The van der Waals surface area contributed by atoms with Gasteiger partial charge >= 0.3 is 5.97 Å². The molecule has 10 heteroatoms. The van der Waals surface area contributed by atoms with Crippen molar-refractivity contribution < 1.29 is 23.5 Å². The number of carbonyl (C=O) groups excluding carboxylic acids is 3. The Kier molecular flexibility index (Phi) is 6.68. The van der Waals surface area contributed by atoms with E-state index in [-0.39, 0.29) is 26.9 Å². The maximum Gasteiger partial charge on any atom is 0.344 e. The third kappa shape index (κ3) is 4.36. The Hall–Kier alpha value is -4.36. The number of rotatable bonds is 4. The lowest BCUT2D eigenvalue weighted by Crippen LogP contribution is -2.42. The summed E-state index contributed by atoms with van der Waals surface area (Å²) in [5.41, 5.74) is 9.11. The number of carbonyl (C=O) groups is 3. The lowest BCUT2D eigenvalue weighted by molar-refractivity contribution is -0.135. The second-order valence-electron chi connectivity index (χ2n) is 8.14. The van der Waals surface area contributed by atoms with Crippen molar-refractivity contribution in [3.8, 4) is 6.07 Å². The van der Waals surface area contributed by atoms with Crippen molar-refractivity contribution >= 4 is 35.2 Å². The lowest BCUT2D eigenvalue weighted by Gasteiger charge is -2.37. The zero-order valence-electron chi connectivity index (χ0n) is 19.6. The van der Waals surface area contributed by atoms with Gasteiger partial charge in [0.15, 0.2) is 0 Å². The van der Waals surface area contributed by atoms with Crippen LogP contribution < -0.4 is 11.1 Å². The molecule has 1 unspecified atom stereocenters. The van der Waals surface area contributed by atoms with Gasteiger partial charge in [0.25, 0.3) is 11.8 Å². The molecule has 2 aliphatic heterocycles. The van der Waals surface area contributed by atoms with E-state index >= 15 is 0 Å². The van der Waals surface area contributed by atoms with Crippen LogP contribution in [0.2, 0.25) is 0 Å². The highest BCUT2D eigenvalue weighted by atomic mass is 32.2. The number of nitrogens with zero attached hydrogens (tertiary/aromatic N) is 2. The highest BCUT2D eigenvalue weighted by Gasteiger charge is 2.43. The van der Waals surface area contributed by atoms with Gasteiger partial charge in [0.1, 0.15) is 16.5 Å². The van der Waals surface area contributed by atoms with Crippen LogP contribution in [0.5, 0.6) is 0 Å². The highest BCUT2D eigenvalue weighted by Crippen LogP contribution is 2.48. The molecular weight excluding hydrogens is 483 g/mol. The molecule has 8 nitrogen and oxygen atoms in total. The second-order valence-corrected chi connectivity index (χ2v) is 9.17. The van der Waals surface area contributed by atoms with Crippen molar-refractivity contribution in [1.82, 2.24) is 4.90 Å².